The third-order valence-corrected chi connectivity index (χ3v) is 3.80. The minimum absolute atomic E-state index is 0.254. The molecule has 0 radical (unpaired) electrons. The maximum atomic E-state index is 12.3. The van der Waals surface area contributed by atoms with Crippen LogP contribution in [0.3, 0.4) is 0 Å². The van der Waals surface area contributed by atoms with Crippen molar-refractivity contribution in [2.45, 2.75) is 0 Å². The summed E-state index contributed by atoms with van der Waals surface area (Å²) in [5, 5.41) is 0. The van der Waals surface area contributed by atoms with Gasteiger partial charge in [0, 0.05) is 7.11 Å². The summed E-state index contributed by atoms with van der Waals surface area (Å²) in [5.41, 5.74) is 0.644. The Hall–Kier alpha value is -2.38. The Bertz CT molecular complexity index is 759. The van der Waals surface area contributed by atoms with Gasteiger partial charge in [-0.2, -0.15) is 0 Å². The molecule has 0 aliphatic rings. The summed E-state index contributed by atoms with van der Waals surface area (Å²) >= 11 is 3.36. The van der Waals surface area contributed by atoms with Crippen LogP contribution in [0.5, 0.6) is 11.5 Å². The second kappa shape index (κ2) is 9.19. The molecular weight excluding hydrogens is 392 g/mol. The van der Waals surface area contributed by atoms with Crippen molar-refractivity contribution in [1.29, 1.82) is 0 Å². The summed E-state index contributed by atoms with van der Waals surface area (Å²) < 4.78 is 21.0. The fourth-order valence-electron chi connectivity index (χ4n) is 1.95. The number of ether oxygens (including phenoxy) is 4. The van der Waals surface area contributed by atoms with Crippen molar-refractivity contribution in [3.8, 4) is 11.5 Å². The van der Waals surface area contributed by atoms with Gasteiger partial charge in [0.15, 0.2) is 0 Å². The molecule has 0 aliphatic carbocycles. The van der Waals surface area contributed by atoms with Gasteiger partial charge in [-0.15, -0.1) is 0 Å². The highest BCUT2D eigenvalue weighted by Gasteiger charge is 2.13. The van der Waals surface area contributed by atoms with Gasteiger partial charge in [0.05, 0.1) is 29.3 Å². The largest absolute Gasteiger partial charge is 0.490 e. The monoisotopic (exact) mass is 408 g/mol. The van der Waals surface area contributed by atoms with Gasteiger partial charge in [0.25, 0.3) is 0 Å². The summed E-state index contributed by atoms with van der Waals surface area (Å²) in [5.74, 6) is -0.199. The molecule has 0 N–H and O–H groups in total. The Balaban J connectivity index is 2.08. The summed E-state index contributed by atoms with van der Waals surface area (Å²) in [4.78, 5) is 23.8. The van der Waals surface area contributed by atoms with Crippen LogP contribution in [0, 0.1) is 0 Å². The molecule has 25 heavy (non-hydrogen) atoms. The number of rotatable bonds is 7. The average Bonchev–Trinajstić information content (AvgIpc) is 2.62. The highest BCUT2D eigenvalue weighted by molar-refractivity contribution is 9.10. The molecule has 0 unspecified atom stereocenters. The zero-order valence-electron chi connectivity index (χ0n) is 13.8. The van der Waals surface area contributed by atoms with Crippen molar-refractivity contribution in [1.82, 2.24) is 0 Å². The van der Waals surface area contributed by atoms with Crippen LogP contribution in [-0.4, -0.2) is 39.4 Å². The summed E-state index contributed by atoms with van der Waals surface area (Å²) in [6.45, 7) is 0.867. The fourth-order valence-corrected chi connectivity index (χ4v) is 2.44. The molecule has 0 saturated carbocycles. The van der Waals surface area contributed by atoms with Crippen molar-refractivity contribution in [2.75, 3.05) is 27.4 Å². The van der Waals surface area contributed by atoms with Crippen LogP contribution in [0.15, 0.2) is 46.9 Å². The Kier molecular flexibility index (Phi) is 6.97. The zero-order chi connectivity index (χ0) is 18.2. The number of carbonyl (C=O) groups is 2. The normalized spacial score (nSPS) is 10.2. The van der Waals surface area contributed by atoms with Crippen LogP contribution in [0.1, 0.15) is 20.7 Å². The SMILES string of the molecule is COCCOc1ccc(C(=O)Oc2cccc(C(=O)OC)c2)cc1Br. The maximum Gasteiger partial charge on any atom is 0.343 e. The van der Waals surface area contributed by atoms with E-state index in [0.29, 0.717) is 34.6 Å². The Morgan fingerprint density at radius 2 is 1.72 bits per heavy atom. The molecule has 0 bridgehead atoms. The Labute approximate surface area is 153 Å². The van der Waals surface area contributed by atoms with Crippen LogP contribution < -0.4 is 9.47 Å². The molecule has 2 aromatic carbocycles. The van der Waals surface area contributed by atoms with E-state index in [2.05, 4.69) is 20.7 Å². The van der Waals surface area contributed by atoms with Crippen molar-refractivity contribution < 1.29 is 28.5 Å². The minimum Gasteiger partial charge on any atom is -0.490 e. The van der Waals surface area contributed by atoms with Gasteiger partial charge in [0.1, 0.15) is 18.1 Å². The molecule has 0 heterocycles. The third-order valence-electron chi connectivity index (χ3n) is 3.18. The van der Waals surface area contributed by atoms with E-state index in [9.17, 15) is 9.59 Å². The van der Waals surface area contributed by atoms with E-state index in [1.54, 1.807) is 43.5 Å². The molecule has 0 amide bonds. The molecule has 132 valence electrons. The summed E-state index contributed by atoms with van der Waals surface area (Å²) in [6, 6.07) is 11.1. The van der Waals surface area contributed by atoms with E-state index in [1.807, 2.05) is 0 Å². The standard InChI is InChI=1S/C18H17BrO6/c1-22-8-9-24-16-7-6-13(11-15(16)19)18(21)25-14-5-3-4-12(10-14)17(20)23-2/h3-7,10-11H,8-9H2,1-2H3. The van der Waals surface area contributed by atoms with E-state index >= 15 is 0 Å². The van der Waals surface area contributed by atoms with Gasteiger partial charge in [-0.25, -0.2) is 9.59 Å². The van der Waals surface area contributed by atoms with Crippen molar-refractivity contribution in [3.63, 3.8) is 0 Å². The number of halogens is 1. The number of hydrogen-bond acceptors (Lipinski definition) is 6. The zero-order valence-corrected chi connectivity index (χ0v) is 15.4. The number of carbonyl (C=O) groups excluding carboxylic acids is 2. The molecule has 0 saturated heterocycles. The van der Waals surface area contributed by atoms with E-state index in [4.69, 9.17) is 14.2 Å². The Morgan fingerprint density at radius 1 is 0.960 bits per heavy atom. The lowest BCUT2D eigenvalue weighted by atomic mass is 10.2. The molecule has 0 fully saturated rings. The molecule has 0 atom stereocenters. The van der Waals surface area contributed by atoms with E-state index in [-0.39, 0.29) is 5.75 Å². The summed E-state index contributed by atoms with van der Waals surface area (Å²) in [7, 11) is 2.88. The van der Waals surface area contributed by atoms with Gasteiger partial charge in [-0.3, -0.25) is 0 Å². The number of benzene rings is 2. The molecular formula is C18H17BrO6. The van der Waals surface area contributed by atoms with Crippen molar-refractivity contribution >= 4 is 27.9 Å². The van der Waals surface area contributed by atoms with E-state index in [0.717, 1.165) is 0 Å². The molecule has 2 rings (SSSR count). The smallest absolute Gasteiger partial charge is 0.343 e. The lowest BCUT2D eigenvalue weighted by molar-refractivity contribution is 0.0597. The minimum atomic E-state index is -0.550. The lowest BCUT2D eigenvalue weighted by Crippen LogP contribution is -2.10. The first-order chi connectivity index (χ1) is 12.0. The van der Waals surface area contributed by atoms with Crippen molar-refractivity contribution in [3.05, 3.63) is 58.1 Å². The van der Waals surface area contributed by atoms with E-state index in [1.165, 1.54) is 13.2 Å². The molecule has 6 nitrogen and oxygen atoms in total. The van der Waals surface area contributed by atoms with Gasteiger partial charge in [-0.1, -0.05) is 6.07 Å². The number of methoxy groups -OCH3 is 2. The predicted octanol–water partition coefficient (Wildman–Crippen LogP) is 3.48. The molecule has 2 aromatic rings. The lowest BCUT2D eigenvalue weighted by Gasteiger charge is -2.10. The predicted molar refractivity (Wildman–Crippen MR) is 94.3 cm³/mol. The van der Waals surface area contributed by atoms with Gasteiger partial charge in [0.2, 0.25) is 0 Å². The summed E-state index contributed by atoms with van der Waals surface area (Å²) in [6.07, 6.45) is 0. The van der Waals surface area contributed by atoms with Gasteiger partial charge >= 0.3 is 11.9 Å². The highest BCUT2D eigenvalue weighted by Crippen LogP contribution is 2.26. The molecule has 0 aliphatic heterocycles. The second-order valence-electron chi connectivity index (χ2n) is 4.90. The van der Waals surface area contributed by atoms with Gasteiger partial charge in [-0.05, 0) is 52.3 Å². The van der Waals surface area contributed by atoms with Crippen LogP contribution >= 0.6 is 15.9 Å². The topological polar surface area (TPSA) is 71.1 Å². The average molecular weight is 409 g/mol. The third kappa shape index (κ3) is 5.30. The maximum absolute atomic E-state index is 12.3. The molecule has 0 spiro atoms. The second-order valence-corrected chi connectivity index (χ2v) is 5.75. The van der Waals surface area contributed by atoms with Gasteiger partial charge < -0.3 is 18.9 Å². The van der Waals surface area contributed by atoms with Crippen LogP contribution in [-0.2, 0) is 9.47 Å². The van der Waals surface area contributed by atoms with Crippen molar-refractivity contribution in [2.24, 2.45) is 0 Å². The first-order valence-electron chi connectivity index (χ1n) is 7.37. The quantitative estimate of drug-likeness (QED) is 0.396. The number of esters is 2. The highest BCUT2D eigenvalue weighted by atomic mass is 79.9. The molecule has 0 aromatic heterocycles. The van der Waals surface area contributed by atoms with Crippen LogP contribution in [0.2, 0.25) is 0 Å². The first kappa shape index (κ1) is 19.0. The molecule has 7 heteroatoms. The number of hydrogen-bond donors (Lipinski definition) is 0. The first-order valence-corrected chi connectivity index (χ1v) is 8.16. The van der Waals surface area contributed by atoms with Crippen LogP contribution in [0.4, 0.5) is 0 Å². The van der Waals surface area contributed by atoms with Crippen LogP contribution in [0.25, 0.3) is 0 Å². The fraction of sp³-hybridized carbons (Fsp3) is 0.222. The Morgan fingerprint density at radius 3 is 2.40 bits per heavy atom. The van der Waals surface area contributed by atoms with E-state index < -0.39 is 11.9 Å².